The standard InChI is InChI=1S/C12H21NS/c1-2-4-11(5-3-1)6-8-13-12-7-9-14-10-12/h4,12-13H,1-3,5-10H2/t12-/m0/s1. The largest absolute Gasteiger partial charge is 0.313 e. The summed E-state index contributed by atoms with van der Waals surface area (Å²) in [6.45, 7) is 1.21. The molecule has 0 amide bonds. The van der Waals surface area contributed by atoms with E-state index in [1.165, 1.54) is 56.6 Å². The van der Waals surface area contributed by atoms with Gasteiger partial charge in [0, 0.05) is 11.8 Å². The lowest BCUT2D eigenvalue weighted by Crippen LogP contribution is -2.29. The molecule has 2 aliphatic rings. The highest BCUT2D eigenvalue weighted by Crippen LogP contribution is 2.20. The third-order valence-electron chi connectivity index (χ3n) is 3.19. The second-order valence-corrected chi connectivity index (χ2v) is 5.52. The fraction of sp³-hybridized carbons (Fsp3) is 0.833. The summed E-state index contributed by atoms with van der Waals surface area (Å²) < 4.78 is 0. The van der Waals surface area contributed by atoms with Gasteiger partial charge in [-0.25, -0.2) is 0 Å². The maximum Gasteiger partial charge on any atom is 0.0166 e. The summed E-state index contributed by atoms with van der Waals surface area (Å²) in [5.41, 5.74) is 1.70. The number of thioether (sulfide) groups is 1. The van der Waals surface area contributed by atoms with Crippen LogP contribution in [0.25, 0.3) is 0 Å². The summed E-state index contributed by atoms with van der Waals surface area (Å²) in [7, 11) is 0. The molecule has 0 aromatic carbocycles. The monoisotopic (exact) mass is 211 g/mol. The Morgan fingerprint density at radius 1 is 1.43 bits per heavy atom. The van der Waals surface area contributed by atoms with Gasteiger partial charge in [-0.05, 0) is 50.8 Å². The molecule has 0 radical (unpaired) electrons. The molecule has 0 saturated carbocycles. The molecular weight excluding hydrogens is 190 g/mol. The molecule has 1 aliphatic carbocycles. The third kappa shape index (κ3) is 3.32. The van der Waals surface area contributed by atoms with Gasteiger partial charge in [-0.1, -0.05) is 11.6 Å². The average Bonchev–Trinajstić information content (AvgIpc) is 2.72. The highest BCUT2D eigenvalue weighted by molar-refractivity contribution is 7.99. The predicted octanol–water partition coefficient (Wildman–Crippen LogP) is 2.97. The van der Waals surface area contributed by atoms with Crippen molar-refractivity contribution < 1.29 is 0 Å². The molecule has 2 heteroatoms. The Morgan fingerprint density at radius 3 is 3.14 bits per heavy atom. The van der Waals surface area contributed by atoms with Gasteiger partial charge in [0.15, 0.2) is 0 Å². The number of hydrogen-bond donors (Lipinski definition) is 1. The highest BCUT2D eigenvalue weighted by atomic mass is 32.2. The molecule has 14 heavy (non-hydrogen) atoms. The van der Waals surface area contributed by atoms with E-state index in [4.69, 9.17) is 0 Å². The number of allylic oxidation sites excluding steroid dienone is 1. The van der Waals surface area contributed by atoms with Crippen molar-refractivity contribution in [2.24, 2.45) is 0 Å². The van der Waals surface area contributed by atoms with Gasteiger partial charge in [0.05, 0.1) is 0 Å². The van der Waals surface area contributed by atoms with Crippen LogP contribution in [0.5, 0.6) is 0 Å². The van der Waals surface area contributed by atoms with Crippen LogP contribution in [0.3, 0.4) is 0 Å². The molecule has 1 saturated heterocycles. The van der Waals surface area contributed by atoms with Crippen molar-refractivity contribution in [1.82, 2.24) is 5.32 Å². The maximum absolute atomic E-state index is 3.67. The molecule has 1 heterocycles. The SMILES string of the molecule is C1=C(CCN[C@H]2CCSC2)CCCC1. The van der Waals surface area contributed by atoms with Crippen LogP contribution in [0.1, 0.15) is 38.5 Å². The van der Waals surface area contributed by atoms with E-state index < -0.39 is 0 Å². The zero-order valence-corrected chi connectivity index (χ0v) is 9.74. The third-order valence-corrected chi connectivity index (χ3v) is 4.36. The Bertz CT molecular complexity index is 194. The van der Waals surface area contributed by atoms with Gasteiger partial charge in [-0.2, -0.15) is 11.8 Å². The second kappa shape index (κ2) is 5.82. The summed E-state index contributed by atoms with van der Waals surface area (Å²) in [5.74, 6) is 2.69. The number of rotatable bonds is 4. The van der Waals surface area contributed by atoms with Gasteiger partial charge in [0.2, 0.25) is 0 Å². The first kappa shape index (κ1) is 10.6. The minimum atomic E-state index is 0.809. The van der Waals surface area contributed by atoms with Gasteiger partial charge in [-0.3, -0.25) is 0 Å². The summed E-state index contributed by atoms with van der Waals surface area (Å²) >= 11 is 2.09. The maximum atomic E-state index is 3.67. The average molecular weight is 211 g/mol. The molecular formula is C12H21NS. The molecule has 0 bridgehead atoms. The van der Waals surface area contributed by atoms with Crippen molar-refractivity contribution in [3.63, 3.8) is 0 Å². The highest BCUT2D eigenvalue weighted by Gasteiger charge is 2.14. The molecule has 0 unspecified atom stereocenters. The first-order chi connectivity index (χ1) is 6.95. The van der Waals surface area contributed by atoms with E-state index in [0.29, 0.717) is 0 Å². The van der Waals surface area contributed by atoms with E-state index in [9.17, 15) is 0 Å². The van der Waals surface area contributed by atoms with Crippen LogP contribution in [-0.4, -0.2) is 24.1 Å². The molecule has 1 N–H and O–H groups in total. The van der Waals surface area contributed by atoms with Crippen molar-refractivity contribution in [2.45, 2.75) is 44.6 Å². The van der Waals surface area contributed by atoms with Crippen molar-refractivity contribution in [3.05, 3.63) is 11.6 Å². The van der Waals surface area contributed by atoms with Crippen LogP contribution in [-0.2, 0) is 0 Å². The molecule has 1 atom stereocenters. The Kier molecular flexibility index (Phi) is 4.39. The Balaban J connectivity index is 1.59. The van der Waals surface area contributed by atoms with Gasteiger partial charge in [-0.15, -0.1) is 0 Å². The minimum Gasteiger partial charge on any atom is -0.313 e. The Hall–Kier alpha value is 0.0500. The lowest BCUT2D eigenvalue weighted by molar-refractivity contribution is 0.549. The summed E-state index contributed by atoms with van der Waals surface area (Å²) in [4.78, 5) is 0. The van der Waals surface area contributed by atoms with E-state index in [2.05, 4.69) is 23.2 Å². The summed E-state index contributed by atoms with van der Waals surface area (Å²) in [5, 5.41) is 3.67. The smallest absolute Gasteiger partial charge is 0.0166 e. The second-order valence-electron chi connectivity index (χ2n) is 4.37. The first-order valence-corrected chi connectivity index (χ1v) is 7.09. The van der Waals surface area contributed by atoms with Crippen molar-refractivity contribution >= 4 is 11.8 Å². The van der Waals surface area contributed by atoms with Crippen LogP contribution < -0.4 is 5.32 Å². The van der Waals surface area contributed by atoms with Crippen molar-refractivity contribution in [3.8, 4) is 0 Å². The van der Waals surface area contributed by atoms with Crippen LogP contribution in [0.15, 0.2) is 11.6 Å². The van der Waals surface area contributed by atoms with E-state index in [-0.39, 0.29) is 0 Å². The fourth-order valence-electron chi connectivity index (χ4n) is 2.26. The van der Waals surface area contributed by atoms with Crippen LogP contribution >= 0.6 is 11.8 Å². The normalized spacial score (nSPS) is 27.7. The van der Waals surface area contributed by atoms with E-state index in [1.807, 2.05) is 0 Å². The minimum absolute atomic E-state index is 0.809. The zero-order chi connectivity index (χ0) is 9.64. The fourth-order valence-corrected chi connectivity index (χ4v) is 3.45. The predicted molar refractivity (Wildman–Crippen MR) is 64.9 cm³/mol. The molecule has 2 rings (SSSR count). The van der Waals surface area contributed by atoms with Crippen LogP contribution in [0.4, 0.5) is 0 Å². The first-order valence-electron chi connectivity index (χ1n) is 5.94. The van der Waals surface area contributed by atoms with Crippen LogP contribution in [0.2, 0.25) is 0 Å². The van der Waals surface area contributed by atoms with Crippen LogP contribution in [0, 0.1) is 0 Å². The Labute approximate surface area is 91.7 Å². The van der Waals surface area contributed by atoms with Gasteiger partial charge in [0.25, 0.3) is 0 Å². The zero-order valence-electron chi connectivity index (χ0n) is 8.93. The quantitative estimate of drug-likeness (QED) is 0.718. The molecule has 1 fully saturated rings. The molecule has 80 valence electrons. The van der Waals surface area contributed by atoms with Gasteiger partial charge in [0.1, 0.15) is 0 Å². The van der Waals surface area contributed by atoms with E-state index in [0.717, 1.165) is 6.04 Å². The Morgan fingerprint density at radius 2 is 2.43 bits per heavy atom. The lowest BCUT2D eigenvalue weighted by Gasteiger charge is -2.15. The molecule has 0 aromatic rings. The summed E-state index contributed by atoms with van der Waals surface area (Å²) in [6.07, 6.45) is 10.7. The van der Waals surface area contributed by atoms with Gasteiger partial charge >= 0.3 is 0 Å². The van der Waals surface area contributed by atoms with Crippen molar-refractivity contribution in [2.75, 3.05) is 18.1 Å². The lowest BCUT2D eigenvalue weighted by atomic mass is 9.97. The molecule has 0 aromatic heterocycles. The van der Waals surface area contributed by atoms with E-state index in [1.54, 1.807) is 5.57 Å². The molecule has 0 spiro atoms. The number of nitrogens with one attached hydrogen (secondary N) is 1. The topological polar surface area (TPSA) is 12.0 Å². The van der Waals surface area contributed by atoms with E-state index >= 15 is 0 Å². The molecule has 1 nitrogen and oxygen atoms in total. The van der Waals surface area contributed by atoms with Gasteiger partial charge < -0.3 is 5.32 Å². The summed E-state index contributed by atoms with van der Waals surface area (Å²) in [6, 6.07) is 0.809. The molecule has 1 aliphatic heterocycles. The number of hydrogen-bond acceptors (Lipinski definition) is 2. The van der Waals surface area contributed by atoms with Crippen molar-refractivity contribution in [1.29, 1.82) is 0 Å².